The SMILES string of the molecule is Cc1ccc(-c2ccc3ccc4c(-c5cc(-c6ccc7ccccc7c6)cc(-n6c7ccccc7c7ccccc76)c5)ccc5ccc2c3c54)cc1. The quantitative estimate of drug-likeness (QED) is 0.166. The van der Waals surface area contributed by atoms with Gasteiger partial charge in [0.2, 0.25) is 0 Å². The van der Waals surface area contributed by atoms with Crippen LogP contribution in [0.4, 0.5) is 0 Å². The van der Waals surface area contributed by atoms with Crippen LogP contribution < -0.4 is 0 Å². The van der Waals surface area contributed by atoms with Crippen molar-refractivity contribution in [1.29, 1.82) is 0 Å². The molecule has 11 aromatic rings. The number of aromatic nitrogens is 1. The minimum absolute atomic E-state index is 1.16. The fraction of sp³-hybridized carbons (Fsp3) is 0.0196. The average Bonchev–Trinajstić information content (AvgIpc) is 3.54. The first kappa shape index (κ1) is 29.1. The maximum Gasteiger partial charge on any atom is 0.0541 e. The lowest BCUT2D eigenvalue weighted by Crippen LogP contribution is -1.96. The number of hydrogen-bond acceptors (Lipinski definition) is 0. The van der Waals surface area contributed by atoms with Crippen molar-refractivity contribution in [3.05, 3.63) is 188 Å². The molecule has 0 aliphatic carbocycles. The molecule has 0 aliphatic heterocycles. The van der Waals surface area contributed by atoms with Gasteiger partial charge in [-0.15, -0.1) is 0 Å². The predicted octanol–water partition coefficient (Wildman–Crippen LogP) is 14.1. The van der Waals surface area contributed by atoms with E-state index in [1.807, 2.05) is 0 Å². The Bertz CT molecular complexity index is 3120. The van der Waals surface area contributed by atoms with E-state index in [2.05, 4.69) is 193 Å². The van der Waals surface area contributed by atoms with Crippen LogP contribution in [0.15, 0.2) is 182 Å². The van der Waals surface area contributed by atoms with E-state index >= 15 is 0 Å². The summed E-state index contributed by atoms with van der Waals surface area (Å²) in [6.45, 7) is 2.15. The Labute approximate surface area is 302 Å². The smallest absolute Gasteiger partial charge is 0.0541 e. The molecule has 0 radical (unpaired) electrons. The highest BCUT2D eigenvalue weighted by Crippen LogP contribution is 2.44. The van der Waals surface area contributed by atoms with Gasteiger partial charge in [-0.3, -0.25) is 0 Å². The summed E-state index contributed by atoms with van der Waals surface area (Å²) in [5.41, 5.74) is 12.3. The molecule has 242 valence electrons. The van der Waals surface area contributed by atoms with Gasteiger partial charge in [-0.1, -0.05) is 151 Å². The average molecular weight is 660 g/mol. The summed E-state index contributed by atoms with van der Waals surface area (Å²) in [7, 11) is 0. The summed E-state index contributed by atoms with van der Waals surface area (Å²) in [6, 6.07) is 67.7. The summed E-state index contributed by atoms with van der Waals surface area (Å²) >= 11 is 0. The second kappa shape index (κ2) is 11.2. The Hall–Kier alpha value is -6.70. The van der Waals surface area contributed by atoms with Crippen LogP contribution in [0.2, 0.25) is 0 Å². The lowest BCUT2D eigenvalue weighted by molar-refractivity contribution is 1.18. The third kappa shape index (κ3) is 4.36. The highest BCUT2D eigenvalue weighted by atomic mass is 15.0. The maximum absolute atomic E-state index is 2.45. The molecule has 0 amide bonds. The molecule has 0 saturated heterocycles. The molecule has 0 unspecified atom stereocenters. The summed E-state index contributed by atoms with van der Waals surface area (Å²) < 4.78 is 2.45. The van der Waals surface area contributed by atoms with Crippen LogP contribution in [-0.2, 0) is 0 Å². The van der Waals surface area contributed by atoms with Gasteiger partial charge in [-0.2, -0.15) is 0 Å². The van der Waals surface area contributed by atoms with Gasteiger partial charge in [0.05, 0.1) is 11.0 Å². The van der Waals surface area contributed by atoms with Crippen molar-refractivity contribution in [2.75, 3.05) is 0 Å². The van der Waals surface area contributed by atoms with E-state index in [-0.39, 0.29) is 0 Å². The molecule has 52 heavy (non-hydrogen) atoms. The van der Waals surface area contributed by atoms with Gasteiger partial charge in [0.25, 0.3) is 0 Å². The lowest BCUT2D eigenvalue weighted by atomic mass is 9.86. The second-order valence-electron chi connectivity index (χ2n) is 14.2. The number of aryl methyl sites for hydroxylation is 1. The number of nitrogens with zero attached hydrogens (tertiary/aromatic N) is 1. The van der Waals surface area contributed by atoms with Crippen LogP contribution in [0.1, 0.15) is 5.56 Å². The van der Waals surface area contributed by atoms with Gasteiger partial charge >= 0.3 is 0 Å². The normalized spacial score (nSPS) is 11.9. The van der Waals surface area contributed by atoms with Gasteiger partial charge in [-0.05, 0) is 120 Å². The maximum atomic E-state index is 2.45. The van der Waals surface area contributed by atoms with Crippen LogP contribution in [0, 0.1) is 6.92 Å². The van der Waals surface area contributed by atoms with Crippen molar-refractivity contribution in [1.82, 2.24) is 4.57 Å². The van der Waals surface area contributed by atoms with E-state index in [0.29, 0.717) is 0 Å². The lowest BCUT2D eigenvalue weighted by Gasteiger charge is -2.18. The van der Waals surface area contributed by atoms with Crippen LogP contribution in [0.25, 0.3) is 104 Å². The molecule has 0 spiro atoms. The topological polar surface area (TPSA) is 4.93 Å². The van der Waals surface area contributed by atoms with Crippen molar-refractivity contribution < 1.29 is 0 Å². The van der Waals surface area contributed by atoms with Crippen molar-refractivity contribution in [3.8, 4) is 39.1 Å². The summed E-state index contributed by atoms with van der Waals surface area (Å²) in [4.78, 5) is 0. The first-order valence-electron chi connectivity index (χ1n) is 18.1. The monoisotopic (exact) mass is 659 g/mol. The van der Waals surface area contributed by atoms with Crippen LogP contribution in [0.3, 0.4) is 0 Å². The molecule has 1 heterocycles. The van der Waals surface area contributed by atoms with E-state index in [1.165, 1.54) is 104 Å². The highest BCUT2D eigenvalue weighted by molar-refractivity contribution is 6.27. The molecular formula is C51H33N. The first-order chi connectivity index (χ1) is 25.7. The minimum Gasteiger partial charge on any atom is -0.309 e. The predicted molar refractivity (Wildman–Crippen MR) is 223 cm³/mol. The van der Waals surface area contributed by atoms with E-state index in [9.17, 15) is 0 Å². The van der Waals surface area contributed by atoms with Crippen LogP contribution in [0.5, 0.6) is 0 Å². The van der Waals surface area contributed by atoms with Gasteiger partial charge < -0.3 is 4.57 Å². The molecule has 0 saturated carbocycles. The Morgan fingerprint density at radius 3 is 1.52 bits per heavy atom. The van der Waals surface area contributed by atoms with Crippen molar-refractivity contribution in [2.24, 2.45) is 0 Å². The molecular weight excluding hydrogens is 627 g/mol. The van der Waals surface area contributed by atoms with Gasteiger partial charge in [-0.25, -0.2) is 0 Å². The molecule has 0 N–H and O–H groups in total. The number of rotatable bonds is 4. The van der Waals surface area contributed by atoms with Gasteiger partial charge in [0, 0.05) is 16.5 Å². The van der Waals surface area contributed by atoms with Crippen LogP contribution >= 0.6 is 0 Å². The Morgan fingerprint density at radius 2 is 0.846 bits per heavy atom. The molecule has 11 rings (SSSR count). The molecule has 1 nitrogen and oxygen atoms in total. The largest absolute Gasteiger partial charge is 0.309 e. The second-order valence-corrected chi connectivity index (χ2v) is 14.2. The van der Waals surface area contributed by atoms with Crippen molar-refractivity contribution in [2.45, 2.75) is 6.92 Å². The van der Waals surface area contributed by atoms with E-state index < -0.39 is 0 Å². The molecule has 1 heteroatoms. The zero-order valence-electron chi connectivity index (χ0n) is 28.8. The first-order valence-corrected chi connectivity index (χ1v) is 18.1. The number of hydrogen-bond donors (Lipinski definition) is 0. The molecule has 1 aromatic heterocycles. The van der Waals surface area contributed by atoms with Gasteiger partial charge in [0.15, 0.2) is 0 Å². The third-order valence-electron chi connectivity index (χ3n) is 11.2. The minimum atomic E-state index is 1.16. The highest BCUT2D eigenvalue weighted by Gasteiger charge is 2.18. The Kier molecular flexibility index (Phi) is 6.23. The number of benzene rings is 10. The Morgan fingerprint density at radius 1 is 0.327 bits per heavy atom. The number of para-hydroxylation sites is 2. The van der Waals surface area contributed by atoms with Crippen molar-refractivity contribution >= 4 is 64.9 Å². The van der Waals surface area contributed by atoms with E-state index in [1.54, 1.807) is 0 Å². The van der Waals surface area contributed by atoms with Crippen molar-refractivity contribution in [3.63, 3.8) is 0 Å². The zero-order chi connectivity index (χ0) is 34.3. The molecule has 0 aliphatic rings. The molecule has 0 atom stereocenters. The van der Waals surface area contributed by atoms with Crippen LogP contribution in [-0.4, -0.2) is 4.57 Å². The standard InChI is InChI=1S/C51H33N/c1-32-14-16-34(17-15-32)42-24-20-35-23-27-47-43(25-21-36-22-26-46(42)50(35)51(36)47)40-29-39(38-19-18-33-8-2-3-9-37(33)28-38)30-41(31-40)52-48-12-6-4-10-44(48)45-11-5-7-13-49(45)52/h2-31H,1H3. The van der Waals surface area contributed by atoms with Gasteiger partial charge in [0.1, 0.15) is 0 Å². The molecule has 0 bridgehead atoms. The third-order valence-corrected chi connectivity index (χ3v) is 11.2. The van der Waals surface area contributed by atoms with E-state index in [4.69, 9.17) is 0 Å². The molecule has 10 aromatic carbocycles. The fourth-order valence-corrected chi connectivity index (χ4v) is 8.67. The van der Waals surface area contributed by atoms with E-state index in [0.717, 1.165) is 5.69 Å². The summed E-state index contributed by atoms with van der Waals surface area (Å²) in [5, 5.41) is 12.8. The summed E-state index contributed by atoms with van der Waals surface area (Å²) in [5.74, 6) is 0. The fourth-order valence-electron chi connectivity index (χ4n) is 8.67. The number of fused-ring (bicyclic) bond motifs is 4. The summed E-state index contributed by atoms with van der Waals surface area (Å²) in [6.07, 6.45) is 0. The Balaban J connectivity index is 1.20. The molecule has 0 fully saturated rings. The zero-order valence-corrected chi connectivity index (χ0v) is 28.8.